The number of unbranched alkanes of at least 4 members (excludes halogenated alkanes) is 17. The van der Waals surface area contributed by atoms with E-state index in [0.717, 1.165) is 96.3 Å². The Balaban J connectivity index is 4.42. The van der Waals surface area contributed by atoms with E-state index in [4.69, 9.17) is 14.2 Å². The summed E-state index contributed by atoms with van der Waals surface area (Å²) in [4.78, 5) is 25.4. The molecule has 0 rings (SSSR count). The summed E-state index contributed by atoms with van der Waals surface area (Å²) in [5.74, 6) is -0.520. The van der Waals surface area contributed by atoms with Gasteiger partial charge in [-0.3, -0.25) is 9.59 Å². The minimum absolute atomic E-state index is 0.0300. The average Bonchev–Trinajstić information content (AvgIpc) is 3.32. The van der Waals surface area contributed by atoms with Crippen molar-refractivity contribution >= 4 is 11.9 Å². The number of ether oxygens (including phenoxy) is 3. The van der Waals surface area contributed by atoms with E-state index in [1.807, 2.05) is 6.08 Å². The zero-order valence-electron chi connectivity index (χ0n) is 42.9. The van der Waals surface area contributed by atoms with Crippen LogP contribution < -0.4 is 0 Å². The summed E-state index contributed by atoms with van der Waals surface area (Å²) >= 11 is 0. The van der Waals surface area contributed by atoms with Gasteiger partial charge in [0.2, 0.25) is 0 Å². The molecule has 0 aliphatic carbocycles. The largest absolute Gasteiger partial charge is 0.462 e. The zero-order valence-corrected chi connectivity index (χ0v) is 42.9. The highest BCUT2D eigenvalue weighted by Gasteiger charge is 2.17. The predicted molar refractivity (Wildman–Crippen MR) is 288 cm³/mol. The Morgan fingerprint density at radius 1 is 0.348 bits per heavy atom. The second-order valence-electron chi connectivity index (χ2n) is 17.4. The van der Waals surface area contributed by atoms with Crippen LogP contribution in [0, 0.1) is 0 Å². The normalized spacial score (nSPS) is 13.2. The molecule has 374 valence electrons. The minimum atomic E-state index is -0.585. The molecular weight excluding hydrogens is 813 g/mol. The predicted octanol–water partition coefficient (Wildman–Crippen LogP) is 18.6. The van der Waals surface area contributed by atoms with Crippen LogP contribution in [0.5, 0.6) is 0 Å². The molecule has 0 aromatic rings. The molecule has 0 radical (unpaired) electrons. The van der Waals surface area contributed by atoms with Gasteiger partial charge in [-0.25, -0.2) is 0 Å². The van der Waals surface area contributed by atoms with Gasteiger partial charge in [-0.05, 0) is 116 Å². The molecule has 66 heavy (non-hydrogen) atoms. The quantitative estimate of drug-likeness (QED) is 0.0346. The van der Waals surface area contributed by atoms with E-state index in [2.05, 4.69) is 136 Å². The van der Waals surface area contributed by atoms with Crippen molar-refractivity contribution in [2.75, 3.05) is 19.8 Å². The van der Waals surface area contributed by atoms with Crippen molar-refractivity contribution in [2.24, 2.45) is 0 Å². The van der Waals surface area contributed by atoms with Gasteiger partial charge < -0.3 is 14.2 Å². The van der Waals surface area contributed by atoms with Crippen molar-refractivity contribution < 1.29 is 23.8 Å². The molecule has 1 unspecified atom stereocenters. The smallest absolute Gasteiger partial charge is 0.306 e. The number of hydrogen-bond donors (Lipinski definition) is 0. The van der Waals surface area contributed by atoms with Crippen LogP contribution in [0.2, 0.25) is 0 Å². The molecule has 0 aliphatic heterocycles. The van der Waals surface area contributed by atoms with Gasteiger partial charge in [-0.1, -0.05) is 219 Å². The molecule has 5 nitrogen and oxygen atoms in total. The van der Waals surface area contributed by atoms with E-state index in [1.54, 1.807) is 0 Å². The van der Waals surface area contributed by atoms with Crippen LogP contribution in [0.3, 0.4) is 0 Å². The van der Waals surface area contributed by atoms with E-state index in [9.17, 15) is 9.59 Å². The van der Waals surface area contributed by atoms with Crippen molar-refractivity contribution in [3.05, 3.63) is 122 Å². The van der Waals surface area contributed by atoms with E-state index in [-0.39, 0.29) is 25.2 Å². The molecule has 0 aromatic heterocycles. The molecule has 0 heterocycles. The topological polar surface area (TPSA) is 61.8 Å². The second kappa shape index (κ2) is 55.6. The Morgan fingerprint density at radius 3 is 1.21 bits per heavy atom. The van der Waals surface area contributed by atoms with Crippen molar-refractivity contribution in [1.29, 1.82) is 0 Å². The van der Waals surface area contributed by atoms with Crippen LogP contribution in [0.15, 0.2) is 122 Å². The molecule has 0 bridgehead atoms. The summed E-state index contributed by atoms with van der Waals surface area (Å²) in [5.41, 5.74) is 0. The van der Waals surface area contributed by atoms with Gasteiger partial charge in [0.15, 0.2) is 6.10 Å². The lowest BCUT2D eigenvalue weighted by atomic mass is 10.1. The summed E-state index contributed by atoms with van der Waals surface area (Å²) < 4.78 is 17.3. The zero-order chi connectivity index (χ0) is 47.7. The first-order chi connectivity index (χ1) is 32.6. The standard InChI is InChI=1S/C61H100O5/c1-4-7-10-13-16-19-22-25-27-29-31-32-34-37-39-42-45-48-51-54-60(62)65-58-59(66-61(63)55-52-49-46-43-40-36-24-21-18-15-12-9-6-3)57-64-56-53-50-47-44-41-38-35-33-30-28-26-23-20-17-14-11-8-5-2/h7,10,12,15-17,19-21,24-28,31-32,37,39,45,48,59H,4-6,8-9,11,13-14,18,22-23,29-30,33-36,38,40-44,46-47,49-58H2,1-3H3/b10-7-,15-12-,19-16-,20-17-,24-21-,27-25-,28-26-,32-31-,39-37-,48-45-. The molecule has 0 saturated carbocycles. The highest BCUT2D eigenvalue weighted by Crippen LogP contribution is 2.13. The lowest BCUT2D eigenvalue weighted by Crippen LogP contribution is -2.30. The average molecular weight is 913 g/mol. The molecule has 0 amide bonds. The van der Waals surface area contributed by atoms with Crippen LogP contribution in [-0.4, -0.2) is 37.9 Å². The molecule has 0 aromatic carbocycles. The fourth-order valence-corrected chi connectivity index (χ4v) is 6.96. The number of rotatable bonds is 48. The first-order valence-electron chi connectivity index (χ1n) is 27.1. The van der Waals surface area contributed by atoms with Gasteiger partial charge in [-0.2, -0.15) is 0 Å². The minimum Gasteiger partial charge on any atom is -0.462 e. The number of carbonyl (C=O) groups is 2. The molecule has 0 fully saturated rings. The van der Waals surface area contributed by atoms with E-state index in [0.29, 0.717) is 25.9 Å². The van der Waals surface area contributed by atoms with Gasteiger partial charge in [0.1, 0.15) is 6.61 Å². The Hall–Kier alpha value is -3.70. The third-order valence-corrected chi connectivity index (χ3v) is 10.9. The third kappa shape index (κ3) is 52.9. The Morgan fingerprint density at radius 2 is 0.742 bits per heavy atom. The van der Waals surface area contributed by atoms with Crippen LogP contribution in [-0.2, 0) is 23.8 Å². The maximum absolute atomic E-state index is 12.8. The third-order valence-electron chi connectivity index (χ3n) is 10.9. The Labute approximate surface area is 407 Å². The Kier molecular flexibility index (Phi) is 52.5. The fourth-order valence-electron chi connectivity index (χ4n) is 6.96. The van der Waals surface area contributed by atoms with Gasteiger partial charge >= 0.3 is 11.9 Å². The molecular formula is C61H100O5. The van der Waals surface area contributed by atoms with Crippen molar-refractivity contribution in [3.63, 3.8) is 0 Å². The maximum Gasteiger partial charge on any atom is 0.306 e. The van der Waals surface area contributed by atoms with Gasteiger partial charge in [0.25, 0.3) is 0 Å². The lowest BCUT2D eigenvalue weighted by molar-refractivity contribution is -0.162. The fraction of sp³-hybridized carbons (Fsp3) is 0.639. The first kappa shape index (κ1) is 62.3. The van der Waals surface area contributed by atoms with Crippen LogP contribution in [0.25, 0.3) is 0 Å². The first-order valence-corrected chi connectivity index (χ1v) is 27.1. The van der Waals surface area contributed by atoms with Crippen molar-refractivity contribution in [2.45, 2.75) is 232 Å². The SMILES string of the molecule is CC/C=C\C/C=C\C/C=C\C/C=C\C/C=C\C/C=C\CCC(=O)OCC(COCCCCCCCCCC/C=C\C/C=C\CCCCC)OC(=O)CCCCCCC/C=C\C/C=C\CCC. The van der Waals surface area contributed by atoms with Gasteiger partial charge in [0.05, 0.1) is 6.61 Å². The van der Waals surface area contributed by atoms with Crippen molar-refractivity contribution in [3.8, 4) is 0 Å². The number of hydrogen-bond acceptors (Lipinski definition) is 5. The van der Waals surface area contributed by atoms with Gasteiger partial charge in [-0.15, -0.1) is 0 Å². The van der Waals surface area contributed by atoms with Crippen LogP contribution in [0.4, 0.5) is 0 Å². The molecule has 5 heteroatoms. The lowest BCUT2D eigenvalue weighted by Gasteiger charge is -2.18. The monoisotopic (exact) mass is 913 g/mol. The van der Waals surface area contributed by atoms with E-state index < -0.39 is 6.10 Å². The Bertz CT molecular complexity index is 1350. The molecule has 1 atom stereocenters. The summed E-state index contributed by atoms with van der Waals surface area (Å²) in [6.07, 6.45) is 77.9. The molecule has 0 saturated heterocycles. The van der Waals surface area contributed by atoms with Gasteiger partial charge in [0, 0.05) is 19.4 Å². The molecule has 0 aliphatic rings. The van der Waals surface area contributed by atoms with Crippen LogP contribution in [0.1, 0.15) is 226 Å². The maximum atomic E-state index is 12.8. The number of esters is 2. The van der Waals surface area contributed by atoms with E-state index in [1.165, 1.54) is 89.9 Å². The summed E-state index contributed by atoms with van der Waals surface area (Å²) in [6.45, 7) is 7.51. The highest BCUT2D eigenvalue weighted by atomic mass is 16.6. The summed E-state index contributed by atoms with van der Waals surface area (Å²) in [7, 11) is 0. The highest BCUT2D eigenvalue weighted by molar-refractivity contribution is 5.70. The second-order valence-corrected chi connectivity index (χ2v) is 17.4. The molecule has 0 spiro atoms. The number of carbonyl (C=O) groups excluding carboxylic acids is 2. The number of allylic oxidation sites excluding steroid dienone is 20. The van der Waals surface area contributed by atoms with E-state index >= 15 is 0 Å². The van der Waals surface area contributed by atoms with Crippen LogP contribution >= 0.6 is 0 Å². The molecule has 0 N–H and O–H groups in total. The summed E-state index contributed by atoms with van der Waals surface area (Å²) in [6, 6.07) is 0. The summed E-state index contributed by atoms with van der Waals surface area (Å²) in [5, 5.41) is 0. The van der Waals surface area contributed by atoms with Crippen molar-refractivity contribution in [1.82, 2.24) is 0 Å².